The lowest BCUT2D eigenvalue weighted by atomic mass is 10.3. The third kappa shape index (κ3) is 4.96. The number of hydrogen-bond donors (Lipinski definition) is 3. The van der Waals surface area contributed by atoms with E-state index in [-0.39, 0.29) is 11.8 Å². The average molecular weight is 437 g/mol. The highest BCUT2D eigenvalue weighted by atomic mass is 32.2. The zero-order valence-corrected chi connectivity index (χ0v) is 18.1. The Labute approximate surface area is 184 Å². The first kappa shape index (κ1) is 19.8. The number of aryl methyl sites for hydroxylation is 1. The quantitative estimate of drug-likeness (QED) is 0.513. The van der Waals surface area contributed by atoms with Crippen LogP contribution in [0.3, 0.4) is 0 Å². The van der Waals surface area contributed by atoms with E-state index < -0.39 is 0 Å². The third-order valence-corrected chi connectivity index (χ3v) is 6.09. The Bertz CT molecular complexity index is 1070. The highest BCUT2D eigenvalue weighted by Crippen LogP contribution is 2.32. The van der Waals surface area contributed by atoms with Crippen LogP contribution in [0.4, 0.5) is 23.4 Å². The van der Waals surface area contributed by atoms with Gasteiger partial charge >= 0.3 is 0 Å². The van der Waals surface area contributed by atoms with Crippen LogP contribution in [0.15, 0.2) is 40.4 Å². The van der Waals surface area contributed by atoms with Crippen LogP contribution in [0.1, 0.15) is 31.4 Å². The number of carbonyl (C=O) groups excluding carboxylic acids is 1. The van der Waals surface area contributed by atoms with Crippen molar-refractivity contribution in [3.05, 3.63) is 36.0 Å². The Kier molecular flexibility index (Phi) is 5.46. The van der Waals surface area contributed by atoms with Gasteiger partial charge in [0.2, 0.25) is 17.8 Å². The Morgan fingerprint density at radius 2 is 1.90 bits per heavy atom. The summed E-state index contributed by atoms with van der Waals surface area (Å²) in [6, 6.07) is 9.67. The molecule has 0 spiro atoms. The van der Waals surface area contributed by atoms with Crippen molar-refractivity contribution >= 4 is 41.1 Å². The second-order valence-electron chi connectivity index (χ2n) is 7.89. The van der Waals surface area contributed by atoms with Crippen molar-refractivity contribution in [2.24, 2.45) is 5.92 Å². The fourth-order valence-electron chi connectivity index (χ4n) is 3.40. The van der Waals surface area contributed by atoms with Crippen LogP contribution in [-0.2, 0) is 4.79 Å². The van der Waals surface area contributed by atoms with Crippen molar-refractivity contribution in [3.63, 3.8) is 0 Å². The molecule has 1 aliphatic heterocycles. The molecule has 1 amide bonds. The number of anilines is 4. The van der Waals surface area contributed by atoms with Gasteiger partial charge in [-0.2, -0.15) is 20.1 Å². The topological polar surface area (TPSA) is 112 Å². The molecule has 31 heavy (non-hydrogen) atoms. The smallest absolute Gasteiger partial charge is 0.234 e. The molecule has 1 saturated carbocycles. The number of amides is 1. The van der Waals surface area contributed by atoms with E-state index in [1.54, 1.807) is 0 Å². The van der Waals surface area contributed by atoms with Gasteiger partial charge in [0, 0.05) is 41.4 Å². The number of aromatic amines is 1. The molecule has 160 valence electrons. The van der Waals surface area contributed by atoms with E-state index in [1.807, 2.05) is 37.3 Å². The van der Waals surface area contributed by atoms with Crippen LogP contribution in [0.25, 0.3) is 0 Å². The first-order valence-corrected chi connectivity index (χ1v) is 11.3. The minimum absolute atomic E-state index is 0.109. The van der Waals surface area contributed by atoms with Gasteiger partial charge in [-0.25, -0.2) is 0 Å². The van der Waals surface area contributed by atoms with Crippen LogP contribution in [0, 0.1) is 12.8 Å². The zero-order valence-electron chi connectivity index (χ0n) is 17.3. The second kappa shape index (κ2) is 8.54. The second-order valence-corrected chi connectivity index (χ2v) is 8.93. The predicted octanol–water partition coefficient (Wildman–Crippen LogP) is 3.75. The van der Waals surface area contributed by atoms with Crippen molar-refractivity contribution < 1.29 is 4.79 Å². The maximum Gasteiger partial charge on any atom is 0.234 e. The summed E-state index contributed by atoms with van der Waals surface area (Å²) in [6.07, 6.45) is 4.27. The van der Waals surface area contributed by atoms with Gasteiger partial charge in [-0.3, -0.25) is 9.89 Å². The molecule has 3 N–H and O–H groups in total. The number of carbonyl (C=O) groups is 1. The Morgan fingerprint density at radius 1 is 1.13 bits per heavy atom. The Balaban J connectivity index is 1.34. The summed E-state index contributed by atoms with van der Waals surface area (Å²) in [6.45, 7) is 3.84. The number of rotatable bonds is 7. The van der Waals surface area contributed by atoms with Crippen LogP contribution < -0.4 is 15.5 Å². The standard InChI is InChI=1S/C21H24N8OS/c1-13-12-17(28-27-13)23-19-24-20(29-10-2-3-11-29)26-21(25-19)31-16-8-6-15(7-9-16)22-18(30)14-4-5-14/h6-9,12,14H,2-5,10-11H2,1H3,(H,22,30)(H2,23,24,25,26,27,28). The summed E-state index contributed by atoms with van der Waals surface area (Å²) in [7, 11) is 0. The van der Waals surface area contributed by atoms with E-state index in [2.05, 4.69) is 40.7 Å². The van der Waals surface area contributed by atoms with Crippen molar-refractivity contribution in [3.8, 4) is 0 Å². The lowest BCUT2D eigenvalue weighted by Crippen LogP contribution is -2.21. The molecule has 0 radical (unpaired) electrons. The molecule has 9 nitrogen and oxygen atoms in total. The molecule has 1 aliphatic carbocycles. The van der Waals surface area contributed by atoms with E-state index in [0.717, 1.165) is 55.0 Å². The molecule has 10 heteroatoms. The minimum Gasteiger partial charge on any atom is -0.341 e. The van der Waals surface area contributed by atoms with Gasteiger partial charge in [0.1, 0.15) is 0 Å². The normalized spacial score (nSPS) is 15.8. The number of nitrogens with one attached hydrogen (secondary N) is 3. The lowest BCUT2D eigenvalue weighted by Gasteiger charge is -2.16. The average Bonchev–Trinajstić information content (AvgIpc) is 3.31. The fourth-order valence-corrected chi connectivity index (χ4v) is 4.15. The molecular weight excluding hydrogens is 412 g/mol. The summed E-state index contributed by atoms with van der Waals surface area (Å²) in [5.41, 5.74) is 1.77. The summed E-state index contributed by atoms with van der Waals surface area (Å²) < 4.78 is 0. The molecule has 0 atom stereocenters. The maximum absolute atomic E-state index is 11.9. The SMILES string of the molecule is Cc1cc(Nc2nc(Sc3ccc(NC(=O)C4CC4)cc3)nc(N3CCCC3)n2)n[nH]1. The van der Waals surface area contributed by atoms with Crippen molar-refractivity contribution in [1.82, 2.24) is 25.1 Å². The van der Waals surface area contributed by atoms with Gasteiger partial charge < -0.3 is 15.5 Å². The molecule has 2 fully saturated rings. The van der Waals surface area contributed by atoms with Crippen LogP contribution in [0.5, 0.6) is 0 Å². The molecule has 5 rings (SSSR count). The number of benzene rings is 1. The molecule has 0 unspecified atom stereocenters. The number of nitrogens with zero attached hydrogens (tertiary/aromatic N) is 5. The summed E-state index contributed by atoms with van der Waals surface area (Å²) in [5, 5.41) is 13.9. The van der Waals surface area contributed by atoms with E-state index in [0.29, 0.717) is 22.9 Å². The third-order valence-electron chi connectivity index (χ3n) is 5.22. The molecule has 1 aromatic carbocycles. The first-order valence-electron chi connectivity index (χ1n) is 10.5. The van der Waals surface area contributed by atoms with E-state index >= 15 is 0 Å². The largest absolute Gasteiger partial charge is 0.341 e. The number of hydrogen-bond acceptors (Lipinski definition) is 8. The van der Waals surface area contributed by atoms with Crippen LogP contribution in [0.2, 0.25) is 0 Å². The molecule has 3 heterocycles. The molecule has 2 aromatic heterocycles. The van der Waals surface area contributed by atoms with Crippen molar-refractivity contribution in [2.75, 3.05) is 28.6 Å². The number of H-pyrrole nitrogens is 1. The monoisotopic (exact) mass is 436 g/mol. The van der Waals surface area contributed by atoms with E-state index in [9.17, 15) is 4.79 Å². The highest BCUT2D eigenvalue weighted by Gasteiger charge is 2.29. The van der Waals surface area contributed by atoms with Crippen molar-refractivity contribution in [2.45, 2.75) is 42.7 Å². The predicted molar refractivity (Wildman–Crippen MR) is 120 cm³/mol. The van der Waals surface area contributed by atoms with Crippen molar-refractivity contribution in [1.29, 1.82) is 0 Å². The zero-order chi connectivity index (χ0) is 21.2. The summed E-state index contributed by atoms with van der Waals surface area (Å²) >= 11 is 1.47. The van der Waals surface area contributed by atoms with E-state index in [1.165, 1.54) is 11.8 Å². The maximum atomic E-state index is 11.9. The van der Waals surface area contributed by atoms with Gasteiger partial charge in [-0.15, -0.1) is 0 Å². The lowest BCUT2D eigenvalue weighted by molar-refractivity contribution is -0.117. The van der Waals surface area contributed by atoms with Gasteiger partial charge in [0.05, 0.1) is 0 Å². The Hall–Kier alpha value is -3.14. The van der Waals surface area contributed by atoms with Gasteiger partial charge in [0.15, 0.2) is 11.0 Å². The van der Waals surface area contributed by atoms with E-state index in [4.69, 9.17) is 0 Å². The van der Waals surface area contributed by atoms with Gasteiger partial charge in [0.25, 0.3) is 0 Å². The fraction of sp³-hybridized carbons (Fsp3) is 0.381. The van der Waals surface area contributed by atoms with Crippen LogP contribution in [-0.4, -0.2) is 44.1 Å². The molecule has 1 saturated heterocycles. The molecular formula is C21H24N8OS. The van der Waals surface area contributed by atoms with Crippen LogP contribution >= 0.6 is 11.8 Å². The van der Waals surface area contributed by atoms with Gasteiger partial charge in [-0.1, -0.05) is 0 Å². The highest BCUT2D eigenvalue weighted by molar-refractivity contribution is 7.99. The minimum atomic E-state index is 0.109. The molecule has 0 bridgehead atoms. The summed E-state index contributed by atoms with van der Waals surface area (Å²) in [5.74, 6) is 2.12. The first-order chi connectivity index (χ1) is 15.1. The molecule has 3 aromatic rings. The molecule has 2 aliphatic rings. The Morgan fingerprint density at radius 3 is 2.58 bits per heavy atom. The number of aromatic nitrogens is 5. The van der Waals surface area contributed by atoms with Gasteiger partial charge in [-0.05, 0) is 68.6 Å². The summed E-state index contributed by atoms with van der Waals surface area (Å²) in [4.78, 5) is 29.0.